The van der Waals surface area contributed by atoms with E-state index < -0.39 is 57.1 Å². The molecule has 0 bridgehead atoms. The summed E-state index contributed by atoms with van der Waals surface area (Å²) in [6.07, 6.45) is -4.49. The molecule has 0 spiro atoms. The molecule has 0 aliphatic carbocycles. The fraction of sp³-hybridized carbons (Fsp3) is 0.529. The third-order valence-electron chi connectivity index (χ3n) is 5.08. The van der Waals surface area contributed by atoms with Crippen molar-refractivity contribution in [2.24, 2.45) is 7.05 Å². The molecule has 3 rings (SSSR count). The number of hydrogen-bond acceptors (Lipinski definition) is 6. The topological polar surface area (TPSA) is 111 Å². The summed E-state index contributed by atoms with van der Waals surface area (Å²) in [6.45, 7) is 1.16. The number of nitrogens with zero attached hydrogens (tertiary/aromatic N) is 4. The fourth-order valence-electron chi connectivity index (χ4n) is 3.56. The molecular formula is C17H19F3N4O5S. The van der Waals surface area contributed by atoms with Crippen molar-refractivity contribution in [1.82, 2.24) is 19.0 Å². The maximum atomic E-state index is 12.9. The normalized spacial score (nSPS) is 18.6. The second-order valence-electron chi connectivity index (χ2n) is 7.03. The number of pyridine rings is 1. The molecule has 1 amide bonds. The lowest BCUT2D eigenvalue weighted by Gasteiger charge is -2.27. The molecular weight excluding hydrogens is 429 g/mol. The summed E-state index contributed by atoms with van der Waals surface area (Å²) >= 11 is 0. The van der Waals surface area contributed by atoms with Crippen LogP contribution >= 0.6 is 0 Å². The average Bonchev–Trinajstić information content (AvgIpc) is 3.02. The summed E-state index contributed by atoms with van der Waals surface area (Å²) < 4.78 is 63.5. The number of aryl methyl sites for hydroxylation is 1. The van der Waals surface area contributed by atoms with Crippen molar-refractivity contribution >= 4 is 26.8 Å². The zero-order chi connectivity index (χ0) is 22.4. The van der Waals surface area contributed by atoms with E-state index in [0.717, 1.165) is 17.7 Å². The van der Waals surface area contributed by atoms with Gasteiger partial charge in [-0.2, -0.15) is 13.2 Å². The number of carbonyl (C=O) groups is 1. The predicted molar refractivity (Wildman–Crippen MR) is 101 cm³/mol. The number of halogens is 3. The van der Waals surface area contributed by atoms with E-state index in [2.05, 4.69) is 4.98 Å². The molecule has 2 aromatic rings. The van der Waals surface area contributed by atoms with E-state index in [1.807, 2.05) is 0 Å². The molecule has 2 aromatic heterocycles. The van der Waals surface area contributed by atoms with Crippen LogP contribution in [0.3, 0.4) is 0 Å². The minimum absolute atomic E-state index is 0.0493. The number of rotatable bonds is 4. The van der Waals surface area contributed by atoms with Gasteiger partial charge in [0.05, 0.1) is 16.9 Å². The van der Waals surface area contributed by atoms with E-state index in [1.54, 1.807) is 6.92 Å². The van der Waals surface area contributed by atoms with E-state index in [1.165, 1.54) is 4.90 Å². The van der Waals surface area contributed by atoms with Crippen LogP contribution in [0.25, 0.3) is 11.0 Å². The van der Waals surface area contributed by atoms with E-state index in [9.17, 15) is 36.0 Å². The zero-order valence-electron chi connectivity index (χ0n) is 16.1. The van der Waals surface area contributed by atoms with Crippen molar-refractivity contribution in [3.63, 3.8) is 0 Å². The van der Waals surface area contributed by atoms with Gasteiger partial charge in [-0.05, 0) is 25.5 Å². The molecule has 1 atom stereocenters. The van der Waals surface area contributed by atoms with Gasteiger partial charge in [-0.25, -0.2) is 18.2 Å². The fourth-order valence-corrected chi connectivity index (χ4v) is 5.29. The Balaban J connectivity index is 2.01. The van der Waals surface area contributed by atoms with Gasteiger partial charge in [0.15, 0.2) is 9.84 Å². The molecule has 1 aliphatic rings. The van der Waals surface area contributed by atoms with Gasteiger partial charge in [-0.15, -0.1) is 0 Å². The van der Waals surface area contributed by atoms with Crippen molar-refractivity contribution in [2.75, 3.05) is 18.1 Å². The van der Waals surface area contributed by atoms with Gasteiger partial charge in [-0.3, -0.25) is 18.7 Å². The van der Waals surface area contributed by atoms with Crippen LogP contribution < -0.4 is 11.2 Å². The molecule has 30 heavy (non-hydrogen) atoms. The highest BCUT2D eigenvalue weighted by molar-refractivity contribution is 7.91. The number of likely N-dealkylation sites (N-methyl/N-ethyl adjacent to an activating group) is 1. The SMILES string of the molecule is CCN(C(=O)Cn1c(=O)c2ccc(C(F)(F)F)nc2n(C)c1=O)C1CCS(=O)(=O)C1. The minimum Gasteiger partial charge on any atom is -0.337 e. The Kier molecular flexibility index (Phi) is 5.52. The van der Waals surface area contributed by atoms with Gasteiger partial charge < -0.3 is 4.90 Å². The number of amides is 1. The van der Waals surface area contributed by atoms with E-state index in [-0.39, 0.29) is 29.9 Å². The molecule has 9 nitrogen and oxygen atoms in total. The van der Waals surface area contributed by atoms with Gasteiger partial charge >= 0.3 is 11.9 Å². The highest BCUT2D eigenvalue weighted by Gasteiger charge is 2.35. The molecule has 1 fully saturated rings. The summed E-state index contributed by atoms with van der Waals surface area (Å²) in [7, 11) is -2.10. The van der Waals surface area contributed by atoms with Crippen molar-refractivity contribution < 1.29 is 26.4 Å². The number of fused-ring (bicyclic) bond motifs is 1. The van der Waals surface area contributed by atoms with Gasteiger partial charge in [0, 0.05) is 19.6 Å². The van der Waals surface area contributed by atoms with Crippen LogP contribution in [0, 0.1) is 0 Å². The van der Waals surface area contributed by atoms with Gasteiger partial charge in [0.25, 0.3) is 5.56 Å². The largest absolute Gasteiger partial charge is 0.433 e. The van der Waals surface area contributed by atoms with Crippen LogP contribution in [0.15, 0.2) is 21.7 Å². The van der Waals surface area contributed by atoms with Crippen LogP contribution in [0.2, 0.25) is 0 Å². The number of sulfone groups is 1. The quantitative estimate of drug-likeness (QED) is 0.658. The van der Waals surface area contributed by atoms with Crippen molar-refractivity contribution in [2.45, 2.75) is 32.1 Å². The van der Waals surface area contributed by atoms with Crippen LogP contribution in [0.4, 0.5) is 13.2 Å². The highest BCUT2D eigenvalue weighted by atomic mass is 32.2. The second kappa shape index (κ2) is 7.52. The van der Waals surface area contributed by atoms with E-state index in [0.29, 0.717) is 10.6 Å². The summed E-state index contributed by atoms with van der Waals surface area (Å²) in [4.78, 5) is 42.7. The monoisotopic (exact) mass is 448 g/mol. The smallest absolute Gasteiger partial charge is 0.337 e. The lowest BCUT2D eigenvalue weighted by Crippen LogP contribution is -2.47. The van der Waals surface area contributed by atoms with Gasteiger partial charge in [-0.1, -0.05) is 0 Å². The molecule has 0 saturated carbocycles. The van der Waals surface area contributed by atoms with Crippen LogP contribution in [-0.4, -0.2) is 57.4 Å². The van der Waals surface area contributed by atoms with Crippen molar-refractivity contribution in [3.05, 3.63) is 38.7 Å². The third-order valence-corrected chi connectivity index (χ3v) is 6.83. The molecule has 1 unspecified atom stereocenters. The van der Waals surface area contributed by atoms with E-state index in [4.69, 9.17) is 0 Å². The maximum Gasteiger partial charge on any atom is 0.433 e. The number of carbonyl (C=O) groups excluding carboxylic acids is 1. The Morgan fingerprint density at radius 3 is 2.50 bits per heavy atom. The molecule has 0 aromatic carbocycles. The molecule has 1 aliphatic heterocycles. The van der Waals surface area contributed by atoms with Gasteiger partial charge in [0.2, 0.25) is 5.91 Å². The first-order chi connectivity index (χ1) is 13.9. The summed E-state index contributed by atoms with van der Waals surface area (Å²) in [6, 6.07) is 0.987. The Morgan fingerprint density at radius 2 is 1.97 bits per heavy atom. The first kappa shape index (κ1) is 22.0. The molecule has 3 heterocycles. The lowest BCUT2D eigenvalue weighted by molar-refractivity contribution is -0.141. The molecule has 0 N–H and O–H groups in total. The Morgan fingerprint density at radius 1 is 1.30 bits per heavy atom. The van der Waals surface area contributed by atoms with Crippen LogP contribution in [0.1, 0.15) is 19.0 Å². The summed E-state index contributed by atoms with van der Waals surface area (Å²) in [5.74, 6) is -0.869. The predicted octanol–water partition coefficient (Wildman–Crippen LogP) is 0.150. The number of hydrogen-bond donors (Lipinski definition) is 0. The molecule has 1 saturated heterocycles. The average molecular weight is 448 g/mol. The zero-order valence-corrected chi connectivity index (χ0v) is 17.0. The lowest BCUT2D eigenvalue weighted by atomic mass is 10.2. The highest BCUT2D eigenvalue weighted by Crippen LogP contribution is 2.28. The minimum atomic E-state index is -4.75. The number of alkyl halides is 3. The second-order valence-corrected chi connectivity index (χ2v) is 9.26. The first-order valence-corrected chi connectivity index (χ1v) is 10.9. The van der Waals surface area contributed by atoms with Crippen LogP contribution in [0.5, 0.6) is 0 Å². The Labute approximate surface area is 168 Å². The molecule has 0 radical (unpaired) electrons. The maximum absolute atomic E-state index is 12.9. The molecule has 13 heteroatoms. The van der Waals surface area contributed by atoms with Crippen LogP contribution in [-0.2, 0) is 34.4 Å². The Hall–Kier alpha value is -2.70. The standard InChI is InChI=1S/C17H19F3N4O5S/c1-3-23(10-6-7-30(28,29)9-10)13(25)8-24-15(26)11-4-5-12(17(18,19)20)21-14(11)22(2)16(24)27/h4-5,10H,3,6-9H2,1-2H3. The van der Waals surface area contributed by atoms with Crippen molar-refractivity contribution in [3.8, 4) is 0 Å². The summed E-state index contributed by atoms with van der Waals surface area (Å²) in [5, 5.41) is -0.246. The van der Waals surface area contributed by atoms with E-state index >= 15 is 0 Å². The summed E-state index contributed by atoms with van der Waals surface area (Å²) in [5.41, 5.74) is -3.64. The van der Waals surface area contributed by atoms with Gasteiger partial charge in [0.1, 0.15) is 17.9 Å². The molecule has 164 valence electrons. The Bertz CT molecular complexity index is 1230. The first-order valence-electron chi connectivity index (χ1n) is 9.03. The van der Waals surface area contributed by atoms with Crippen molar-refractivity contribution in [1.29, 1.82) is 0 Å². The third kappa shape index (κ3) is 3.98. The number of aromatic nitrogens is 3.